The minimum atomic E-state index is -0.490. The quantitative estimate of drug-likeness (QED) is 0.785. The molecule has 1 amide bonds. The molecule has 1 aliphatic carbocycles. The van der Waals surface area contributed by atoms with Gasteiger partial charge in [-0.3, -0.25) is 0 Å². The largest absolute Gasteiger partial charge is 0.458 e. The normalized spacial score (nSPS) is 21.8. The molecule has 1 N–H and O–H groups in total. The maximum atomic E-state index is 11.7. The molecule has 23 heavy (non-hydrogen) atoms. The van der Waals surface area contributed by atoms with Gasteiger partial charge in [-0.05, 0) is 66.7 Å². The number of esters is 1. The molecule has 0 unspecified atom stereocenters. The number of alkyl carbamates (subject to hydrolysis) is 1. The van der Waals surface area contributed by atoms with Gasteiger partial charge in [-0.15, -0.1) is 0 Å². The highest BCUT2D eigenvalue weighted by Gasteiger charge is 2.28. The van der Waals surface area contributed by atoms with Gasteiger partial charge in [0.1, 0.15) is 17.8 Å². The molecule has 134 valence electrons. The van der Waals surface area contributed by atoms with Crippen molar-refractivity contribution in [3.8, 4) is 0 Å². The van der Waals surface area contributed by atoms with Crippen LogP contribution in [0.4, 0.5) is 4.79 Å². The van der Waals surface area contributed by atoms with E-state index in [2.05, 4.69) is 5.32 Å². The van der Waals surface area contributed by atoms with Crippen molar-refractivity contribution in [2.24, 2.45) is 5.92 Å². The fourth-order valence-electron chi connectivity index (χ4n) is 2.51. The third kappa shape index (κ3) is 9.43. The van der Waals surface area contributed by atoms with Gasteiger partial charge in [0.25, 0.3) is 0 Å². The first-order valence-corrected chi connectivity index (χ1v) is 8.24. The van der Waals surface area contributed by atoms with Crippen LogP contribution in [0, 0.1) is 5.92 Å². The molecule has 0 aromatic rings. The van der Waals surface area contributed by atoms with Crippen molar-refractivity contribution < 1.29 is 23.8 Å². The molecule has 0 aliphatic heterocycles. The molecule has 0 aromatic heterocycles. The zero-order valence-corrected chi connectivity index (χ0v) is 15.2. The van der Waals surface area contributed by atoms with E-state index in [1.165, 1.54) is 0 Å². The van der Waals surface area contributed by atoms with E-state index in [4.69, 9.17) is 14.2 Å². The SMILES string of the molecule is CC(C)(C)OC(=O)COC[C@@H]1CC[C@@H](NC(=O)OC(C)(C)C)C1. The molecule has 6 heteroatoms. The monoisotopic (exact) mass is 329 g/mol. The van der Waals surface area contributed by atoms with Crippen molar-refractivity contribution in [2.45, 2.75) is 78.0 Å². The van der Waals surface area contributed by atoms with E-state index >= 15 is 0 Å². The Morgan fingerprint density at radius 3 is 2.17 bits per heavy atom. The molecule has 0 spiro atoms. The number of hydrogen-bond donors (Lipinski definition) is 1. The predicted molar refractivity (Wildman–Crippen MR) is 87.2 cm³/mol. The van der Waals surface area contributed by atoms with Crippen LogP contribution in [0.2, 0.25) is 0 Å². The Labute approximate surface area is 139 Å². The van der Waals surface area contributed by atoms with Crippen LogP contribution in [0.5, 0.6) is 0 Å². The van der Waals surface area contributed by atoms with E-state index in [-0.39, 0.29) is 24.7 Å². The lowest BCUT2D eigenvalue weighted by Crippen LogP contribution is -2.38. The van der Waals surface area contributed by atoms with E-state index in [1.54, 1.807) is 0 Å². The molecule has 0 bridgehead atoms. The van der Waals surface area contributed by atoms with Crippen LogP contribution in [0.1, 0.15) is 60.8 Å². The summed E-state index contributed by atoms with van der Waals surface area (Å²) in [5, 5.41) is 2.89. The van der Waals surface area contributed by atoms with Crippen molar-refractivity contribution >= 4 is 12.1 Å². The number of nitrogens with one attached hydrogen (secondary N) is 1. The van der Waals surface area contributed by atoms with Crippen LogP contribution in [0.3, 0.4) is 0 Å². The van der Waals surface area contributed by atoms with Crippen molar-refractivity contribution in [3.05, 3.63) is 0 Å². The van der Waals surface area contributed by atoms with Gasteiger partial charge in [-0.2, -0.15) is 0 Å². The number of amides is 1. The van der Waals surface area contributed by atoms with E-state index in [0.29, 0.717) is 12.5 Å². The van der Waals surface area contributed by atoms with Crippen molar-refractivity contribution in [1.29, 1.82) is 0 Å². The van der Waals surface area contributed by atoms with Crippen molar-refractivity contribution in [3.63, 3.8) is 0 Å². The van der Waals surface area contributed by atoms with E-state index in [9.17, 15) is 9.59 Å². The summed E-state index contributed by atoms with van der Waals surface area (Å²) in [6, 6.07) is 0.111. The van der Waals surface area contributed by atoms with Gasteiger partial charge in [0.2, 0.25) is 0 Å². The number of hydrogen-bond acceptors (Lipinski definition) is 5. The van der Waals surface area contributed by atoms with Crippen molar-refractivity contribution in [2.75, 3.05) is 13.2 Å². The summed E-state index contributed by atoms with van der Waals surface area (Å²) in [5.41, 5.74) is -0.977. The molecule has 1 rings (SSSR count). The molecule has 0 heterocycles. The summed E-state index contributed by atoms with van der Waals surface area (Å²) in [7, 11) is 0. The van der Waals surface area contributed by atoms with Crippen LogP contribution in [0.15, 0.2) is 0 Å². The lowest BCUT2D eigenvalue weighted by molar-refractivity contribution is -0.160. The molecule has 2 atom stereocenters. The lowest BCUT2D eigenvalue weighted by Gasteiger charge is -2.22. The summed E-state index contributed by atoms with van der Waals surface area (Å²) in [6.07, 6.45) is 2.33. The summed E-state index contributed by atoms with van der Waals surface area (Å²) >= 11 is 0. The molecule has 1 saturated carbocycles. The van der Waals surface area contributed by atoms with Gasteiger partial charge in [0.05, 0.1) is 6.61 Å². The maximum Gasteiger partial charge on any atom is 0.407 e. The molecule has 0 radical (unpaired) electrons. The predicted octanol–water partition coefficient (Wildman–Crippen LogP) is 3.04. The van der Waals surface area contributed by atoms with Crippen LogP contribution in [0.25, 0.3) is 0 Å². The first-order valence-electron chi connectivity index (χ1n) is 8.24. The third-order valence-electron chi connectivity index (χ3n) is 3.26. The van der Waals surface area contributed by atoms with Gasteiger partial charge in [0, 0.05) is 6.04 Å². The second-order valence-electron chi connectivity index (χ2n) is 8.12. The van der Waals surface area contributed by atoms with Gasteiger partial charge in [-0.1, -0.05) is 0 Å². The van der Waals surface area contributed by atoms with E-state index < -0.39 is 11.2 Å². The van der Waals surface area contributed by atoms with Crippen LogP contribution in [-0.4, -0.2) is 42.5 Å². The summed E-state index contributed by atoms with van der Waals surface area (Å²) in [5.74, 6) is -0.00343. The summed E-state index contributed by atoms with van der Waals surface area (Å²) in [6.45, 7) is 11.5. The number of carbonyl (C=O) groups is 2. The highest BCUT2D eigenvalue weighted by atomic mass is 16.6. The van der Waals surface area contributed by atoms with Gasteiger partial charge >= 0.3 is 12.1 Å². The number of carbonyl (C=O) groups excluding carboxylic acids is 2. The average Bonchev–Trinajstić information content (AvgIpc) is 2.71. The molecule has 1 aliphatic rings. The highest BCUT2D eigenvalue weighted by molar-refractivity contribution is 5.71. The Morgan fingerprint density at radius 2 is 1.61 bits per heavy atom. The Balaban J connectivity index is 2.20. The fraction of sp³-hybridized carbons (Fsp3) is 0.882. The van der Waals surface area contributed by atoms with E-state index in [1.807, 2.05) is 41.5 Å². The van der Waals surface area contributed by atoms with Gasteiger partial charge < -0.3 is 19.5 Å². The lowest BCUT2D eigenvalue weighted by atomic mass is 10.1. The zero-order chi connectivity index (χ0) is 17.7. The van der Waals surface area contributed by atoms with Gasteiger partial charge in [0.15, 0.2) is 0 Å². The smallest absolute Gasteiger partial charge is 0.407 e. The minimum Gasteiger partial charge on any atom is -0.458 e. The molecule has 6 nitrogen and oxygen atoms in total. The zero-order valence-electron chi connectivity index (χ0n) is 15.2. The number of ether oxygens (including phenoxy) is 3. The second-order valence-corrected chi connectivity index (χ2v) is 8.12. The Bertz CT molecular complexity index is 408. The number of rotatable bonds is 5. The summed E-state index contributed by atoms with van der Waals surface area (Å²) in [4.78, 5) is 23.3. The highest BCUT2D eigenvalue weighted by Crippen LogP contribution is 2.26. The Hall–Kier alpha value is -1.30. The maximum absolute atomic E-state index is 11.7. The van der Waals surface area contributed by atoms with Crippen molar-refractivity contribution in [1.82, 2.24) is 5.32 Å². The topological polar surface area (TPSA) is 73.9 Å². The molecular formula is C17H31NO5. The molecule has 0 saturated heterocycles. The van der Waals surface area contributed by atoms with Gasteiger partial charge in [-0.25, -0.2) is 9.59 Å². The molecule has 0 aromatic carbocycles. The Kier molecular flexibility index (Phi) is 6.86. The summed E-state index contributed by atoms with van der Waals surface area (Å²) < 4.78 is 15.9. The van der Waals surface area contributed by atoms with Crippen LogP contribution >= 0.6 is 0 Å². The van der Waals surface area contributed by atoms with Crippen LogP contribution < -0.4 is 5.32 Å². The molecule has 1 fully saturated rings. The standard InChI is InChI=1S/C17H31NO5/c1-16(2,3)22-14(19)11-21-10-12-7-8-13(9-12)18-15(20)23-17(4,5)6/h12-13H,7-11H2,1-6H3,(H,18,20)/t12-,13-/m1/s1. The van der Waals surface area contributed by atoms with Crippen LogP contribution in [-0.2, 0) is 19.0 Å². The first-order chi connectivity index (χ1) is 10.4. The minimum absolute atomic E-state index is 0.0298. The third-order valence-corrected chi connectivity index (χ3v) is 3.26. The Morgan fingerprint density at radius 1 is 1.00 bits per heavy atom. The van der Waals surface area contributed by atoms with E-state index in [0.717, 1.165) is 19.3 Å². The average molecular weight is 329 g/mol. The second kappa shape index (κ2) is 7.99. The fourth-order valence-corrected chi connectivity index (χ4v) is 2.51. The molecular weight excluding hydrogens is 298 g/mol. The first kappa shape index (κ1) is 19.7.